The lowest BCUT2D eigenvalue weighted by Crippen LogP contribution is -2.37. The van der Waals surface area contributed by atoms with Crippen molar-refractivity contribution in [2.24, 2.45) is 0 Å². The van der Waals surface area contributed by atoms with E-state index >= 15 is 0 Å². The van der Waals surface area contributed by atoms with Crippen LogP contribution in [0.4, 0.5) is 0 Å². The molecule has 0 saturated carbocycles. The van der Waals surface area contributed by atoms with Gasteiger partial charge in [0.15, 0.2) is 5.78 Å². The highest BCUT2D eigenvalue weighted by Gasteiger charge is 2.45. The van der Waals surface area contributed by atoms with Crippen LogP contribution in [0, 0.1) is 0 Å². The molecule has 2 aliphatic heterocycles. The predicted octanol–water partition coefficient (Wildman–Crippen LogP) is 3.72. The molecule has 0 aliphatic carbocycles. The zero-order valence-corrected chi connectivity index (χ0v) is 11.7. The SMILES string of the molecule is CCCC(=O)C(c1ccccc1)N1C2CCC1CC2. The molecule has 2 fully saturated rings. The molecule has 2 aliphatic rings. The Morgan fingerprint density at radius 1 is 1.16 bits per heavy atom. The number of rotatable bonds is 5. The van der Waals surface area contributed by atoms with Crippen LogP contribution in [-0.4, -0.2) is 22.8 Å². The smallest absolute Gasteiger partial charge is 0.154 e. The van der Waals surface area contributed by atoms with Crippen LogP contribution < -0.4 is 0 Å². The van der Waals surface area contributed by atoms with Crippen molar-refractivity contribution in [2.75, 3.05) is 0 Å². The van der Waals surface area contributed by atoms with E-state index in [1.807, 2.05) is 6.07 Å². The van der Waals surface area contributed by atoms with Gasteiger partial charge in [-0.15, -0.1) is 0 Å². The molecule has 0 radical (unpaired) electrons. The molecule has 2 bridgehead atoms. The van der Waals surface area contributed by atoms with Crippen molar-refractivity contribution in [1.29, 1.82) is 0 Å². The fourth-order valence-corrected chi connectivity index (χ4v) is 3.92. The Morgan fingerprint density at radius 3 is 2.26 bits per heavy atom. The summed E-state index contributed by atoms with van der Waals surface area (Å²) in [7, 11) is 0. The van der Waals surface area contributed by atoms with E-state index in [9.17, 15) is 4.79 Å². The fraction of sp³-hybridized carbons (Fsp3) is 0.588. The number of carbonyl (C=O) groups is 1. The predicted molar refractivity (Wildman–Crippen MR) is 77.0 cm³/mol. The third-order valence-electron chi connectivity index (χ3n) is 4.72. The first-order chi connectivity index (χ1) is 9.31. The van der Waals surface area contributed by atoms with Crippen LogP contribution in [0.25, 0.3) is 0 Å². The van der Waals surface area contributed by atoms with Gasteiger partial charge in [-0.1, -0.05) is 37.3 Å². The number of hydrogen-bond acceptors (Lipinski definition) is 2. The zero-order chi connectivity index (χ0) is 13.2. The summed E-state index contributed by atoms with van der Waals surface area (Å²) >= 11 is 0. The van der Waals surface area contributed by atoms with Gasteiger partial charge in [-0.05, 0) is 37.7 Å². The number of nitrogens with zero attached hydrogens (tertiary/aromatic N) is 1. The highest BCUT2D eigenvalue weighted by Crippen LogP contribution is 2.43. The molecule has 19 heavy (non-hydrogen) atoms. The van der Waals surface area contributed by atoms with Crippen molar-refractivity contribution in [3.05, 3.63) is 35.9 Å². The first-order valence-electron chi connectivity index (χ1n) is 7.66. The van der Waals surface area contributed by atoms with E-state index in [1.54, 1.807) is 0 Å². The molecule has 2 heteroatoms. The number of ketones is 1. The van der Waals surface area contributed by atoms with Gasteiger partial charge >= 0.3 is 0 Å². The molecule has 102 valence electrons. The Labute approximate surface area is 115 Å². The number of Topliss-reactive ketones (excluding diaryl/α,β-unsaturated/α-hetero) is 1. The molecule has 1 aromatic rings. The van der Waals surface area contributed by atoms with Crippen LogP contribution in [-0.2, 0) is 4.79 Å². The van der Waals surface area contributed by atoms with Crippen LogP contribution in [0.5, 0.6) is 0 Å². The van der Waals surface area contributed by atoms with Crippen LogP contribution in [0.1, 0.15) is 57.1 Å². The fourth-order valence-electron chi connectivity index (χ4n) is 3.92. The van der Waals surface area contributed by atoms with E-state index in [2.05, 4.69) is 36.1 Å². The first-order valence-corrected chi connectivity index (χ1v) is 7.66. The monoisotopic (exact) mass is 257 g/mol. The molecule has 2 nitrogen and oxygen atoms in total. The minimum atomic E-state index is 0.0150. The minimum Gasteiger partial charge on any atom is -0.298 e. The van der Waals surface area contributed by atoms with E-state index in [4.69, 9.17) is 0 Å². The lowest BCUT2D eigenvalue weighted by Gasteiger charge is -2.31. The summed E-state index contributed by atoms with van der Waals surface area (Å²) in [5.74, 6) is 0.410. The van der Waals surface area contributed by atoms with Crippen molar-refractivity contribution in [3.8, 4) is 0 Å². The Hall–Kier alpha value is -1.15. The third kappa shape index (κ3) is 2.34. The van der Waals surface area contributed by atoms with E-state index < -0.39 is 0 Å². The molecule has 3 rings (SSSR count). The first kappa shape index (κ1) is 12.9. The number of hydrogen-bond donors (Lipinski definition) is 0. The van der Waals surface area contributed by atoms with E-state index in [1.165, 1.54) is 31.2 Å². The van der Waals surface area contributed by atoms with Gasteiger partial charge in [-0.2, -0.15) is 0 Å². The van der Waals surface area contributed by atoms with Crippen LogP contribution in [0.2, 0.25) is 0 Å². The summed E-state index contributed by atoms with van der Waals surface area (Å²) in [5, 5.41) is 0. The molecule has 0 spiro atoms. The van der Waals surface area contributed by atoms with E-state index in [0.717, 1.165) is 6.42 Å². The largest absolute Gasteiger partial charge is 0.298 e. The Morgan fingerprint density at radius 2 is 1.74 bits per heavy atom. The molecule has 2 saturated heterocycles. The van der Waals surface area contributed by atoms with Gasteiger partial charge in [-0.25, -0.2) is 0 Å². The van der Waals surface area contributed by atoms with Crippen LogP contribution in [0.15, 0.2) is 30.3 Å². The summed E-state index contributed by atoms with van der Waals surface area (Å²) < 4.78 is 0. The Balaban J connectivity index is 1.91. The maximum Gasteiger partial charge on any atom is 0.154 e. The summed E-state index contributed by atoms with van der Waals surface area (Å²) in [4.78, 5) is 15.1. The lowest BCUT2D eigenvalue weighted by atomic mass is 9.97. The highest BCUT2D eigenvalue weighted by atomic mass is 16.1. The topological polar surface area (TPSA) is 20.3 Å². The standard InChI is InChI=1S/C17H23NO/c1-2-6-16(19)17(13-7-4-3-5-8-13)18-14-9-10-15(18)12-11-14/h3-5,7-8,14-15,17H,2,6,9-12H2,1H3. The second-order valence-electron chi connectivity index (χ2n) is 5.94. The van der Waals surface area contributed by atoms with Crippen molar-refractivity contribution < 1.29 is 4.79 Å². The Bertz CT molecular complexity index is 422. The lowest BCUT2D eigenvalue weighted by molar-refractivity contribution is -0.125. The second-order valence-corrected chi connectivity index (χ2v) is 5.94. The maximum absolute atomic E-state index is 12.6. The van der Waals surface area contributed by atoms with Crippen LogP contribution in [0.3, 0.4) is 0 Å². The van der Waals surface area contributed by atoms with Gasteiger partial charge in [0.1, 0.15) is 0 Å². The van der Waals surface area contributed by atoms with Crippen molar-refractivity contribution >= 4 is 5.78 Å². The summed E-state index contributed by atoms with van der Waals surface area (Å²) in [6, 6.07) is 11.7. The molecule has 0 aromatic heterocycles. The second kappa shape index (κ2) is 5.46. The van der Waals surface area contributed by atoms with Crippen molar-refractivity contribution in [2.45, 2.75) is 63.6 Å². The van der Waals surface area contributed by atoms with Gasteiger partial charge in [-0.3, -0.25) is 9.69 Å². The number of benzene rings is 1. The van der Waals surface area contributed by atoms with E-state index in [-0.39, 0.29) is 6.04 Å². The normalized spacial score (nSPS) is 27.6. The maximum atomic E-state index is 12.6. The van der Waals surface area contributed by atoms with Crippen molar-refractivity contribution in [3.63, 3.8) is 0 Å². The molecular weight excluding hydrogens is 234 g/mol. The van der Waals surface area contributed by atoms with Gasteiger partial charge in [0.05, 0.1) is 6.04 Å². The quantitative estimate of drug-likeness (QED) is 0.801. The highest BCUT2D eigenvalue weighted by molar-refractivity contribution is 5.85. The van der Waals surface area contributed by atoms with Gasteiger partial charge in [0.2, 0.25) is 0 Å². The number of carbonyl (C=O) groups excluding carboxylic acids is 1. The summed E-state index contributed by atoms with van der Waals surface area (Å²) in [6.07, 6.45) is 6.79. The molecule has 0 N–H and O–H groups in total. The van der Waals surface area contributed by atoms with Gasteiger partial charge < -0.3 is 0 Å². The van der Waals surface area contributed by atoms with E-state index in [0.29, 0.717) is 24.3 Å². The average molecular weight is 257 g/mol. The molecule has 1 aromatic carbocycles. The van der Waals surface area contributed by atoms with Gasteiger partial charge in [0, 0.05) is 18.5 Å². The minimum absolute atomic E-state index is 0.0150. The van der Waals surface area contributed by atoms with Crippen LogP contribution >= 0.6 is 0 Å². The van der Waals surface area contributed by atoms with Gasteiger partial charge in [0.25, 0.3) is 0 Å². The molecular formula is C17H23NO. The molecule has 1 unspecified atom stereocenters. The molecule has 2 heterocycles. The van der Waals surface area contributed by atoms with Crippen molar-refractivity contribution in [1.82, 2.24) is 4.90 Å². The summed E-state index contributed by atoms with van der Waals surface area (Å²) in [6.45, 7) is 2.10. The zero-order valence-electron chi connectivity index (χ0n) is 11.7. The summed E-state index contributed by atoms with van der Waals surface area (Å²) in [5.41, 5.74) is 1.19. The number of fused-ring (bicyclic) bond motifs is 2. The average Bonchev–Trinajstić information content (AvgIpc) is 3.01. The molecule has 1 atom stereocenters. The third-order valence-corrected chi connectivity index (χ3v) is 4.72. The Kier molecular flexibility index (Phi) is 3.69. The molecule has 0 amide bonds.